The van der Waals surface area contributed by atoms with Crippen LogP contribution in [0.3, 0.4) is 0 Å². The Hall–Kier alpha value is -2.66. The molecule has 0 spiro atoms. The van der Waals surface area contributed by atoms with Crippen molar-refractivity contribution in [3.8, 4) is 5.75 Å². The van der Waals surface area contributed by atoms with Gasteiger partial charge >= 0.3 is 5.97 Å². The van der Waals surface area contributed by atoms with Gasteiger partial charge in [0.1, 0.15) is 19.0 Å². The average Bonchev–Trinajstić information content (AvgIpc) is 2.58. The Labute approximate surface area is 142 Å². The SMILES string of the molecule is C=C(C)C(=O)OCCOc1cccc2sc3ccccc3c(=O)c12. The smallest absolute Gasteiger partial charge is 0.333 e. The summed E-state index contributed by atoms with van der Waals surface area (Å²) in [6.07, 6.45) is 0. The van der Waals surface area contributed by atoms with E-state index in [1.165, 1.54) is 0 Å². The normalized spacial score (nSPS) is 10.7. The number of benzene rings is 2. The van der Waals surface area contributed by atoms with Gasteiger partial charge in [-0.1, -0.05) is 24.8 Å². The van der Waals surface area contributed by atoms with Crippen molar-refractivity contribution < 1.29 is 14.3 Å². The molecule has 0 aliphatic heterocycles. The third-order valence-corrected chi connectivity index (χ3v) is 4.63. The molecule has 3 aromatic rings. The van der Waals surface area contributed by atoms with Gasteiger partial charge in [-0.05, 0) is 31.2 Å². The summed E-state index contributed by atoms with van der Waals surface area (Å²) in [5.41, 5.74) is 0.296. The van der Waals surface area contributed by atoms with Crippen LogP contribution in [0.1, 0.15) is 6.92 Å². The first-order valence-electron chi connectivity index (χ1n) is 7.48. The van der Waals surface area contributed by atoms with E-state index in [9.17, 15) is 9.59 Å². The molecule has 0 fully saturated rings. The van der Waals surface area contributed by atoms with Gasteiger partial charge in [0, 0.05) is 20.4 Å². The molecule has 5 heteroatoms. The summed E-state index contributed by atoms with van der Waals surface area (Å²) in [4.78, 5) is 24.1. The van der Waals surface area contributed by atoms with E-state index in [0.717, 1.165) is 9.40 Å². The first-order chi connectivity index (χ1) is 11.6. The first kappa shape index (κ1) is 16.2. The molecule has 0 aliphatic rings. The van der Waals surface area contributed by atoms with Crippen LogP contribution < -0.4 is 10.2 Å². The van der Waals surface area contributed by atoms with E-state index < -0.39 is 5.97 Å². The highest BCUT2D eigenvalue weighted by Crippen LogP contribution is 2.30. The van der Waals surface area contributed by atoms with E-state index in [1.54, 1.807) is 24.3 Å². The minimum absolute atomic E-state index is 0.0473. The molecule has 1 heterocycles. The maximum absolute atomic E-state index is 12.8. The monoisotopic (exact) mass is 340 g/mol. The lowest BCUT2D eigenvalue weighted by Gasteiger charge is -2.10. The molecule has 0 amide bonds. The van der Waals surface area contributed by atoms with Crippen LogP contribution >= 0.6 is 11.3 Å². The number of esters is 1. The van der Waals surface area contributed by atoms with Crippen LogP contribution in [0.5, 0.6) is 5.75 Å². The average molecular weight is 340 g/mol. The predicted octanol–water partition coefficient (Wildman–Crippen LogP) is 3.91. The van der Waals surface area contributed by atoms with Crippen LogP contribution in [0.15, 0.2) is 59.4 Å². The lowest BCUT2D eigenvalue weighted by molar-refractivity contribution is -0.139. The summed E-state index contributed by atoms with van der Waals surface area (Å²) in [7, 11) is 0. The highest BCUT2D eigenvalue weighted by Gasteiger charge is 2.11. The third kappa shape index (κ3) is 3.16. The highest BCUT2D eigenvalue weighted by atomic mass is 32.1. The Balaban J connectivity index is 1.89. The van der Waals surface area contributed by atoms with Crippen molar-refractivity contribution in [3.05, 3.63) is 64.8 Å². The Bertz CT molecular complexity index is 987. The van der Waals surface area contributed by atoms with Gasteiger partial charge in [0.25, 0.3) is 0 Å². The molecular weight excluding hydrogens is 324 g/mol. The standard InChI is InChI=1S/C19H16O4S/c1-12(2)19(21)23-11-10-22-14-7-5-9-16-17(14)18(20)13-6-3-4-8-15(13)24-16/h3-9H,1,10-11H2,2H3. The van der Waals surface area contributed by atoms with Crippen LogP contribution in [0.2, 0.25) is 0 Å². The molecule has 0 saturated heterocycles. The zero-order valence-corrected chi connectivity index (χ0v) is 14.0. The Kier molecular flexibility index (Phi) is 4.62. The van der Waals surface area contributed by atoms with Gasteiger partial charge in [-0.2, -0.15) is 0 Å². The highest BCUT2D eigenvalue weighted by molar-refractivity contribution is 7.24. The number of hydrogen-bond donors (Lipinski definition) is 0. The quantitative estimate of drug-likeness (QED) is 0.306. The maximum atomic E-state index is 12.8. The second-order valence-electron chi connectivity index (χ2n) is 5.32. The number of carbonyl (C=O) groups excluding carboxylic acids is 1. The van der Waals surface area contributed by atoms with Gasteiger partial charge < -0.3 is 9.47 Å². The fourth-order valence-corrected chi connectivity index (χ4v) is 3.44. The van der Waals surface area contributed by atoms with Crippen LogP contribution in [0.4, 0.5) is 0 Å². The maximum Gasteiger partial charge on any atom is 0.333 e. The van der Waals surface area contributed by atoms with Gasteiger partial charge in [0.2, 0.25) is 0 Å². The van der Waals surface area contributed by atoms with Gasteiger partial charge in [-0.3, -0.25) is 4.79 Å². The van der Waals surface area contributed by atoms with Gasteiger partial charge in [-0.15, -0.1) is 11.3 Å². The number of hydrogen-bond acceptors (Lipinski definition) is 5. The van der Waals surface area contributed by atoms with Crippen molar-refractivity contribution >= 4 is 37.5 Å². The molecule has 0 saturated carbocycles. The Morgan fingerprint density at radius 3 is 2.62 bits per heavy atom. The van der Waals surface area contributed by atoms with Crippen LogP contribution in [0, 0.1) is 0 Å². The first-order valence-corrected chi connectivity index (χ1v) is 8.29. The lowest BCUT2D eigenvalue weighted by Crippen LogP contribution is -2.13. The van der Waals surface area contributed by atoms with E-state index in [2.05, 4.69) is 6.58 Å². The Morgan fingerprint density at radius 1 is 1.08 bits per heavy atom. The predicted molar refractivity (Wildman–Crippen MR) is 96.9 cm³/mol. The molecule has 0 bridgehead atoms. The summed E-state index contributed by atoms with van der Waals surface area (Å²) in [5, 5.41) is 1.24. The third-order valence-electron chi connectivity index (χ3n) is 3.49. The molecule has 1 aromatic heterocycles. The molecule has 0 atom stereocenters. The van der Waals surface area contributed by atoms with Gasteiger partial charge in [-0.25, -0.2) is 4.79 Å². The zero-order valence-electron chi connectivity index (χ0n) is 13.2. The molecule has 0 unspecified atom stereocenters. The molecule has 24 heavy (non-hydrogen) atoms. The van der Waals surface area contributed by atoms with Crippen molar-refractivity contribution in [1.29, 1.82) is 0 Å². The van der Waals surface area contributed by atoms with Crippen LogP contribution in [-0.2, 0) is 9.53 Å². The van der Waals surface area contributed by atoms with Gasteiger partial charge in [0.15, 0.2) is 5.43 Å². The lowest BCUT2D eigenvalue weighted by atomic mass is 10.1. The Morgan fingerprint density at radius 2 is 1.83 bits per heavy atom. The van der Waals surface area contributed by atoms with Crippen LogP contribution in [-0.4, -0.2) is 19.2 Å². The van der Waals surface area contributed by atoms with E-state index >= 15 is 0 Å². The number of ether oxygens (including phenoxy) is 2. The van der Waals surface area contributed by atoms with E-state index in [0.29, 0.717) is 22.1 Å². The molecule has 0 aliphatic carbocycles. The second-order valence-corrected chi connectivity index (χ2v) is 6.41. The molecule has 3 rings (SSSR count). The fraction of sp³-hybridized carbons (Fsp3) is 0.158. The van der Waals surface area contributed by atoms with Crippen molar-refractivity contribution in [2.45, 2.75) is 6.92 Å². The van der Waals surface area contributed by atoms with E-state index in [1.807, 2.05) is 36.4 Å². The van der Waals surface area contributed by atoms with E-state index in [4.69, 9.17) is 9.47 Å². The summed E-state index contributed by atoms with van der Waals surface area (Å²) < 4.78 is 12.5. The molecule has 122 valence electrons. The summed E-state index contributed by atoms with van der Waals surface area (Å²) in [6, 6.07) is 13.0. The largest absolute Gasteiger partial charge is 0.489 e. The molecule has 0 radical (unpaired) electrons. The van der Waals surface area contributed by atoms with E-state index in [-0.39, 0.29) is 18.6 Å². The number of rotatable bonds is 5. The fourth-order valence-electron chi connectivity index (χ4n) is 2.35. The second kappa shape index (κ2) is 6.84. The summed E-state index contributed by atoms with van der Waals surface area (Å²) in [5.74, 6) is 0.0557. The molecule has 0 N–H and O–H groups in total. The van der Waals surface area contributed by atoms with Crippen molar-refractivity contribution in [3.63, 3.8) is 0 Å². The van der Waals surface area contributed by atoms with Crippen molar-refractivity contribution in [2.75, 3.05) is 13.2 Å². The number of carbonyl (C=O) groups is 1. The van der Waals surface area contributed by atoms with Crippen molar-refractivity contribution in [1.82, 2.24) is 0 Å². The summed E-state index contributed by atoms with van der Waals surface area (Å²) >= 11 is 1.55. The minimum Gasteiger partial charge on any atom is -0.489 e. The molecule has 2 aromatic carbocycles. The van der Waals surface area contributed by atoms with Crippen LogP contribution in [0.25, 0.3) is 20.2 Å². The number of fused-ring (bicyclic) bond motifs is 2. The minimum atomic E-state index is -0.450. The molecular formula is C19H16O4S. The van der Waals surface area contributed by atoms with Crippen molar-refractivity contribution in [2.24, 2.45) is 0 Å². The molecule has 4 nitrogen and oxygen atoms in total. The zero-order chi connectivity index (χ0) is 17.1. The summed E-state index contributed by atoms with van der Waals surface area (Å²) in [6.45, 7) is 5.39. The topological polar surface area (TPSA) is 52.6 Å². The van der Waals surface area contributed by atoms with Gasteiger partial charge in [0.05, 0.1) is 5.39 Å².